The van der Waals surface area contributed by atoms with Gasteiger partial charge in [0.1, 0.15) is 0 Å². The number of carbonyl (C=O) groups is 4. The summed E-state index contributed by atoms with van der Waals surface area (Å²) >= 11 is 23.7. The van der Waals surface area contributed by atoms with E-state index in [9.17, 15) is 19.2 Å². The zero-order chi connectivity index (χ0) is 67.9. The Labute approximate surface area is 632 Å². The molecule has 2 aliphatic carbocycles. The molecule has 0 saturated carbocycles. The van der Waals surface area contributed by atoms with Gasteiger partial charge in [-0.05, 0) is 121 Å². The number of halogens is 2. The number of thiophene rings is 12. The third-order valence-corrected chi connectivity index (χ3v) is 51.9. The first-order valence-electron chi connectivity index (χ1n) is 32.1. The first-order valence-corrected chi connectivity index (χ1v) is 63.4. The number of hydrogen-bond acceptors (Lipinski definition) is 16. The summed E-state index contributed by atoms with van der Waals surface area (Å²) in [5.41, 5.74) is 3.58. The van der Waals surface area contributed by atoms with E-state index in [1.807, 2.05) is 51.4 Å². The van der Waals surface area contributed by atoms with E-state index in [4.69, 9.17) is 0 Å². The Bertz CT molecular complexity index is 5700. The second-order valence-electron chi connectivity index (χ2n) is 26.9. The minimum atomic E-state index is -2.25. The van der Waals surface area contributed by atoms with Crippen molar-refractivity contribution in [2.45, 2.75) is 124 Å². The Morgan fingerprint density at radius 2 is 0.740 bits per heavy atom. The molecule has 20 heteroatoms. The molecule has 0 atom stereocenters. The second kappa shape index (κ2) is 27.4. The van der Waals surface area contributed by atoms with E-state index < -0.39 is 36.8 Å². The molecule has 0 bridgehead atoms. The molecule has 0 amide bonds. The van der Waals surface area contributed by atoms with Gasteiger partial charge in [0.05, 0.1) is 31.6 Å². The van der Waals surface area contributed by atoms with Crippen molar-refractivity contribution in [3.05, 3.63) is 172 Å². The fourth-order valence-corrected chi connectivity index (χ4v) is 38.9. The Kier molecular flexibility index (Phi) is 20.0. The number of unbranched alkanes of at least 4 members (excludes halogenated alkanes) is 2. The van der Waals surface area contributed by atoms with Crippen LogP contribution in [0.2, 0.25) is 29.6 Å². The van der Waals surface area contributed by atoms with Crippen molar-refractivity contribution < 1.29 is 19.2 Å². The van der Waals surface area contributed by atoms with Crippen molar-refractivity contribution >= 4 is 316 Å². The number of hydrogen-bond donors (Lipinski definition) is 0. The van der Waals surface area contributed by atoms with Gasteiger partial charge < -0.3 is 0 Å². The van der Waals surface area contributed by atoms with Crippen LogP contribution in [0.4, 0.5) is 0 Å². The molecule has 0 spiro atoms. The van der Waals surface area contributed by atoms with Gasteiger partial charge in [0.15, 0.2) is 17.3 Å². The quantitative estimate of drug-likeness (QED) is 0.0758. The van der Waals surface area contributed by atoms with Crippen LogP contribution >= 0.6 is 168 Å². The van der Waals surface area contributed by atoms with Crippen LogP contribution in [0.5, 0.6) is 0 Å². The molecule has 0 fully saturated rings. The van der Waals surface area contributed by atoms with E-state index in [-0.39, 0.29) is 23.1 Å². The zero-order valence-corrected chi connectivity index (χ0v) is 74.3. The topological polar surface area (TPSA) is 68.3 Å². The SMILES string of the molecule is CCCCC(=O)c1cc2c(Br)sc(Br)c2s1.CCCCC(=O)c1cc2c(C)sc(-c3ccc(C4=c5c(c6sc(C)cc6c6cc(C)sc56)=C(c5ccc(C)s5)C4=O)s3)c2s1.Cc1cc2c(s1)c1c(c3sc(C)cc32)=C(c2cc[c]([Sn]([CH3])([CH3])[CH3])s2)C(=O)C=1c1cc[c]([Sn]([CH3])([CH3])[CH3])s1. The molecule has 2 aliphatic rings. The first-order chi connectivity index (χ1) is 45.7. The van der Waals surface area contributed by atoms with Crippen molar-refractivity contribution in [1.29, 1.82) is 0 Å². The molecule has 0 unspecified atom stereocenters. The van der Waals surface area contributed by atoms with Gasteiger partial charge in [-0.2, -0.15) is 0 Å². The summed E-state index contributed by atoms with van der Waals surface area (Å²) < 4.78 is 12.6. The molecule has 16 rings (SSSR count). The summed E-state index contributed by atoms with van der Waals surface area (Å²) in [7, 11) is 0. The number of ketones is 4. The molecule has 0 saturated heterocycles. The van der Waals surface area contributed by atoms with Crippen molar-refractivity contribution in [2.75, 3.05) is 0 Å². The molecule has 490 valence electrons. The number of rotatable bonds is 15. The molecule has 12 aromatic heterocycles. The van der Waals surface area contributed by atoms with Gasteiger partial charge in [-0.1, -0.05) is 26.7 Å². The molecule has 0 radical (unpaired) electrons. The van der Waals surface area contributed by atoms with Crippen molar-refractivity contribution in [2.24, 2.45) is 0 Å². The second-order valence-corrected chi connectivity index (χ2v) is 74.2. The Balaban J connectivity index is 0.000000136. The van der Waals surface area contributed by atoms with E-state index in [2.05, 4.69) is 196 Å². The average molecular weight is 1830 g/mol. The predicted octanol–water partition coefficient (Wildman–Crippen LogP) is 23.6. The summed E-state index contributed by atoms with van der Waals surface area (Å²) in [6, 6.07) is 31.0. The molecule has 14 aromatic rings. The van der Waals surface area contributed by atoms with Crippen LogP contribution < -0.4 is 26.7 Å². The van der Waals surface area contributed by atoms with Gasteiger partial charge in [0, 0.05) is 99.5 Å². The van der Waals surface area contributed by atoms with Crippen molar-refractivity contribution in [3.63, 3.8) is 0 Å². The Morgan fingerprint density at radius 1 is 0.365 bits per heavy atom. The predicted molar refractivity (Wildman–Crippen MR) is 446 cm³/mol. The Hall–Kier alpha value is -2.88. The first kappa shape index (κ1) is 70.2. The summed E-state index contributed by atoms with van der Waals surface area (Å²) in [4.78, 5) is 84.9. The number of benzene rings is 2. The van der Waals surface area contributed by atoms with E-state index in [0.717, 1.165) is 106 Å². The van der Waals surface area contributed by atoms with Crippen LogP contribution in [-0.2, 0) is 9.59 Å². The monoisotopic (exact) mass is 1830 g/mol. The summed E-state index contributed by atoms with van der Waals surface area (Å²) in [6.45, 7) is 17.2. The molecule has 0 aliphatic heterocycles. The molecule has 12 heterocycles. The van der Waals surface area contributed by atoms with Gasteiger partial charge in [-0.25, -0.2) is 0 Å². The van der Waals surface area contributed by atoms with Crippen molar-refractivity contribution in [3.8, 4) is 9.75 Å². The van der Waals surface area contributed by atoms with Gasteiger partial charge in [0.25, 0.3) is 0 Å². The normalized spacial score (nSPS) is 13.5. The average Bonchev–Trinajstić information content (AvgIpc) is 1.55. The maximum absolute atomic E-state index is 14.7. The summed E-state index contributed by atoms with van der Waals surface area (Å²) in [5, 5.41) is 12.1. The summed E-state index contributed by atoms with van der Waals surface area (Å²) in [5.74, 6) is 0.877. The number of fused-ring (bicyclic) bond motifs is 14. The zero-order valence-electron chi connectivity index (χ0n) is 55.6. The number of Topliss-reactive ketones (excluding diaryl/α,β-unsaturated/α-hetero) is 4. The standard InChI is InChI=1S/C36H28O2S6.C23H12OS4.C11H10Br2OS2.6CH3.2Sn/c1-6-7-8-23(37)27-15-20-19(5)42-36(35(20)44-27)26-12-11-25(43-26)29-31-30(28(32(29)38)24-10-9-16(2)39-24)33-21(13-17(3)40-33)22-14-18(4)41-34(22)31;1-11-9-13-14-10-12(2)28-23(14)20-18(16-6-4-8-26-16)21(24)17(15-5-3-7-25-15)19(20)22(13)27-11;1-2-3-4-7(14)8-5-6-9(15-8)11(13)16-10(6)12;;;;;;;;/h9-15H,6-8H2,1-5H3;3-6,9-10H,1-2H3;5H,2-4H2,1H3;6*1H3;;. The van der Waals surface area contributed by atoms with E-state index in [1.165, 1.54) is 105 Å². The van der Waals surface area contributed by atoms with Crippen LogP contribution in [0, 0.1) is 41.5 Å². The molecular formula is C76H68Br2O4S12Sn2. The molecule has 96 heavy (non-hydrogen) atoms. The van der Waals surface area contributed by atoms with Gasteiger partial charge in [0.2, 0.25) is 0 Å². The molecule has 4 nitrogen and oxygen atoms in total. The molecule has 2 aromatic carbocycles. The van der Waals surface area contributed by atoms with E-state index >= 15 is 0 Å². The van der Waals surface area contributed by atoms with Gasteiger partial charge >= 0.3 is 240 Å². The fourth-order valence-electron chi connectivity index (χ4n) is 12.9. The third-order valence-electron chi connectivity index (χ3n) is 17.5. The number of carbonyl (C=O) groups excluding carboxylic acids is 4. The van der Waals surface area contributed by atoms with Crippen LogP contribution in [0.15, 0.2) is 92.5 Å². The fraction of sp³-hybridized carbons (Fsp3) is 0.263. The maximum atomic E-state index is 14.7. The van der Waals surface area contributed by atoms with Crippen LogP contribution in [-0.4, -0.2) is 59.9 Å². The van der Waals surface area contributed by atoms with Gasteiger partial charge in [-0.3, -0.25) is 14.4 Å². The molecule has 0 N–H and O–H groups in total. The minimum absolute atomic E-state index is 0.133. The third kappa shape index (κ3) is 12.7. The number of aryl methyl sites for hydroxylation is 6. The van der Waals surface area contributed by atoms with E-state index in [1.54, 1.807) is 90.7 Å². The van der Waals surface area contributed by atoms with Crippen LogP contribution in [0.25, 0.3) is 92.6 Å². The van der Waals surface area contributed by atoms with Crippen LogP contribution in [0.1, 0.15) is 120 Å². The van der Waals surface area contributed by atoms with Crippen LogP contribution in [0.3, 0.4) is 0 Å². The van der Waals surface area contributed by atoms with Crippen molar-refractivity contribution in [1.82, 2.24) is 0 Å². The summed E-state index contributed by atoms with van der Waals surface area (Å²) in [6.07, 6.45) is 5.27. The van der Waals surface area contributed by atoms with Gasteiger partial charge in [-0.15, -0.1) is 90.7 Å². The van der Waals surface area contributed by atoms with E-state index in [0.29, 0.717) is 12.8 Å². The molecular weight excluding hydrogens is 1760 g/mol. The Morgan fingerprint density at radius 3 is 1.12 bits per heavy atom.